The van der Waals surface area contributed by atoms with Crippen LogP contribution in [0.3, 0.4) is 0 Å². The van der Waals surface area contributed by atoms with Crippen molar-refractivity contribution < 1.29 is 4.39 Å². The van der Waals surface area contributed by atoms with Gasteiger partial charge in [-0.2, -0.15) is 11.3 Å². The fourth-order valence-electron chi connectivity index (χ4n) is 1.90. The van der Waals surface area contributed by atoms with Gasteiger partial charge in [0.15, 0.2) is 0 Å². The van der Waals surface area contributed by atoms with E-state index in [9.17, 15) is 4.39 Å². The van der Waals surface area contributed by atoms with Crippen LogP contribution in [0.25, 0.3) is 0 Å². The molecule has 0 fully saturated rings. The molecule has 96 valence electrons. The summed E-state index contributed by atoms with van der Waals surface area (Å²) in [5.74, 6) is -0.210. The maximum absolute atomic E-state index is 13.5. The molecule has 2 aromatic rings. The van der Waals surface area contributed by atoms with Crippen LogP contribution in [0.2, 0.25) is 0 Å². The van der Waals surface area contributed by atoms with E-state index in [1.807, 2.05) is 11.4 Å². The number of halogens is 2. The van der Waals surface area contributed by atoms with Gasteiger partial charge in [0.25, 0.3) is 0 Å². The standard InChI is InChI=1S/C14H15BrFNS/c1-2-4-17-14(10-3-5-18-9-10)11-6-12(15)8-13(16)7-11/h3,5-9,14,17H,2,4H2,1H3. The van der Waals surface area contributed by atoms with Crippen molar-refractivity contribution in [3.63, 3.8) is 0 Å². The van der Waals surface area contributed by atoms with Gasteiger partial charge in [0.2, 0.25) is 0 Å². The molecule has 4 heteroatoms. The number of hydrogen-bond donors (Lipinski definition) is 1. The predicted molar refractivity (Wildman–Crippen MR) is 78.6 cm³/mol. The zero-order valence-corrected chi connectivity index (χ0v) is 12.5. The molecule has 0 aliphatic rings. The molecule has 1 aromatic heterocycles. The van der Waals surface area contributed by atoms with Crippen LogP contribution in [0.5, 0.6) is 0 Å². The molecule has 1 atom stereocenters. The van der Waals surface area contributed by atoms with Gasteiger partial charge < -0.3 is 5.32 Å². The molecule has 1 heterocycles. The minimum Gasteiger partial charge on any atom is -0.306 e. The Hall–Kier alpha value is -0.710. The summed E-state index contributed by atoms with van der Waals surface area (Å²) in [6.07, 6.45) is 1.05. The van der Waals surface area contributed by atoms with Gasteiger partial charge in [0.05, 0.1) is 6.04 Å². The maximum atomic E-state index is 13.5. The molecule has 0 saturated carbocycles. The van der Waals surface area contributed by atoms with Crippen molar-refractivity contribution in [1.29, 1.82) is 0 Å². The van der Waals surface area contributed by atoms with Crippen molar-refractivity contribution in [2.24, 2.45) is 0 Å². The van der Waals surface area contributed by atoms with E-state index in [1.165, 1.54) is 11.6 Å². The third-order valence-corrected chi connectivity index (χ3v) is 3.85. The summed E-state index contributed by atoms with van der Waals surface area (Å²) in [6, 6.07) is 7.18. The highest BCUT2D eigenvalue weighted by atomic mass is 79.9. The van der Waals surface area contributed by atoms with Crippen LogP contribution in [-0.2, 0) is 0 Å². The Balaban J connectivity index is 2.33. The summed E-state index contributed by atoms with van der Waals surface area (Å²) in [4.78, 5) is 0. The lowest BCUT2D eigenvalue weighted by Gasteiger charge is -2.18. The largest absolute Gasteiger partial charge is 0.306 e. The molecule has 0 spiro atoms. The van der Waals surface area contributed by atoms with E-state index in [0.717, 1.165) is 23.0 Å². The van der Waals surface area contributed by atoms with Crippen LogP contribution in [-0.4, -0.2) is 6.54 Å². The van der Waals surface area contributed by atoms with Crippen LogP contribution in [0.4, 0.5) is 4.39 Å². The van der Waals surface area contributed by atoms with Crippen LogP contribution in [0, 0.1) is 5.82 Å². The third-order valence-electron chi connectivity index (χ3n) is 2.69. The Labute approximate surface area is 119 Å². The highest BCUT2D eigenvalue weighted by Gasteiger charge is 2.15. The SMILES string of the molecule is CCCNC(c1ccsc1)c1cc(F)cc(Br)c1. The van der Waals surface area contributed by atoms with Gasteiger partial charge in [-0.05, 0) is 59.1 Å². The Bertz CT molecular complexity index is 478. The second-order valence-corrected chi connectivity index (χ2v) is 5.84. The lowest BCUT2D eigenvalue weighted by atomic mass is 10.0. The molecule has 0 aliphatic heterocycles. The molecule has 0 bridgehead atoms. The lowest BCUT2D eigenvalue weighted by Crippen LogP contribution is -2.22. The average Bonchev–Trinajstić information content (AvgIpc) is 2.82. The second kappa shape index (κ2) is 6.45. The number of benzene rings is 1. The van der Waals surface area contributed by atoms with E-state index in [2.05, 4.69) is 39.6 Å². The zero-order chi connectivity index (χ0) is 13.0. The summed E-state index contributed by atoms with van der Waals surface area (Å²) < 4.78 is 14.3. The van der Waals surface area contributed by atoms with Crippen molar-refractivity contribution in [2.45, 2.75) is 19.4 Å². The van der Waals surface area contributed by atoms with Gasteiger partial charge in [-0.3, -0.25) is 0 Å². The van der Waals surface area contributed by atoms with Gasteiger partial charge in [0.1, 0.15) is 5.82 Å². The van der Waals surface area contributed by atoms with Gasteiger partial charge >= 0.3 is 0 Å². The quantitative estimate of drug-likeness (QED) is 0.836. The molecule has 1 N–H and O–H groups in total. The van der Waals surface area contributed by atoms with Crippen LogP contribution in [0.15, 0.2) is 39.5 Å². The van der Waals surface area contributed by atoms with E-state index < -0.39 is 0 Å². The lowest BCUT2D eigenvalue weighted by molar-refractivity contribution is 0.586. The average molecular weight is 328 g/mol. The fourth-order valence-corrected chi connectivity index (χ4v) is 3.07. The van der Waals surface area contributed by atoms with E-state index in [0.29, 0.717) is 0 Å². The van der Waals surface area contributed by atoms with Gasteiger partial charge in [-0.15, -0.1) is 0 Å². The molecule has 0 aliphatic carbocycles. The van der Waals surface area contributed by atoms with Crippen LogP contribution < -0.4 is 5.32 Å². The Morgan fingerprint density at radius 2 is 2.17 bits per heavy atom. The zero-order valence-electron chi connectivity index (χ0n) is 10.1. The highest BCUT2D eigenvalue weighted by Crippen LogP contribution is 2.27. The summed E-state index contributed by atoms with van der Waals surface area (Å²) >= 11 is 5.01. The number of rotatable bonds is 5. The predicted octanol–water partition coefficient (Wildman–Crippen LogP) is 4.74. The second-order valence-electron chi connectivity index (χ2n) is 4.15. The number of thiophene rings is 1. The van der Waals surface area contributed by atoms with Gasteiger partial charge in [-0.1, -0.05) is 22.9 Å². The molecule has 1 aromatic carbocycles. The van der Waals surface area contributed by atoms with Crippen molar-refractivity contribution in [3.05, 3.63) is 56.4 Å². The minimum absolute atomic E-state index is 0.0585. The number of nitrogens with one attached hydrogen (secondary N) is 1. The van der Waals surface area contributed by atoms with E-state index >= 15 is 0 Å². The Morgan fingerprint density at radius 3 is 2.78 bits per heavy atom. The molecule has 0 amide bonds. The van der Waals surface area contributed by atoms with E-state index in [1.54, 1.807) is 17.4 Å². The van der Waals surface area contributed by atoms with Gasteiger partial charge in [0, 0.05) is 4.47 Å². The maximum Gasteiger partial charge on any atom is 0.124 e. The van der Waals surface area contributed by atoms with Crippen molar-refractivity contribution in [2.75, 3.05) is 6.54 Å². The van der Waals surface area contributed by atoms with E-state index in [4.69, 9.17) is 0 Å². The molecule has 0 radical (unpaired) electrons. The summed E-state index contributed by atoms with van der Waals surface area (Å²) in [7, 11) is 0. The topological polar surface area (TPSA) is 12.0 Å². The summed E-state index contributed by atoms with van der Waals surface area (Å²) in [5.41, 5.74) is 2.14. The van der Waals surface area contributed by atoms with Crippen LogP contribution in [0.1, 0.15) is 30.5 Å². The number of hydrogen-bond acceptors (Lipinski definition) is 2. The third kappa shape index (κ3) is 3.40. The monoisotopic (exact) mass is 327 g/mol. The summed E-state index contributed by atoms with van der Waals surface area (Å²) in [6.45, 7) is 3.04. The Morgan fingerprint density at radius 1 is 1.33 bits per heavy atom. The normalized spacial score (nSPS) is 12.6. The van der Waals surface area contributed by atoms with Crippen molar-refractivity contribution >= 4 is 27.3 Å². The minimum atomic E-state index is -0.210. The first kappa shape index (κ1) is 13.7. The molecule has 2 rings (SSSR count). The molecule has 1 nitrogen and oxygen atoms in total. The van der Waals surface area contributed by atoms with Gasteiger partial charge in [-0.25, -0.2) is 4.39 Å². The molecule has 0 saturated heterocycles. The first-order chi connectivity index (χ1) is 8.70. The van der Waals surface area contributed by atoms with Crippen molar-refractivity contribution in [1.82, 2.24) is 5.32 Å². The first-order valence-corrected chi connectivity index (χ1v) is 7.65. The van der Waals surface area contributed by atoms with Crippen molar-refractivity contribution in [3.8, 4) is 0 Å². The van der Waals surface area contributed by atoms with E-state index in [-0.39, 0.29) is 11.9 Å². The summed E-state index contributed by atoms with van der Waals surface area (Å²) in [5, 5.41) is 7.61. The Kier molecular flexibility index (Phi) is 4.92. The smallest absolute Gasteiger partial charge is 0.124 e. The molecule has 1 unspecified atom stereocenters. The molecular weight excluding hydrogens is 313 g/mol. The first-order valence-electron chi connectivity index (χ1n) is 5.92. The fraction of sp³-hybridized carbons (Fsp3) is 0.286. The molecule has 18 heavy (non-hydrogen) atoms. The van der Waals surface area contributed by atoms with Crippen LogP contribution >= 0.6 is 27.3 Å². The molecular formula is C14H15BrFNS. The highest BCUT2D eigenvalue weighted by molar-refractivity contribution is 9.10.